The van der Waals surface area contributed by atoms with Crippen LogP contribution in [0.1, 0.15) is 34.1 Å². The molecule has 0 aromatic carbocycles. The number of likely N-dealkylation sites (tertiary alicyclic amines) is 1. The van der Waals surface area contributed by atoms with E-state index in [1.807, 2.05) is 20.8 Å². The minimum atomic E-state index is -0.411. The Balaban J connectivity index is 2.70. The molecule has 0 aliphatic carbocycles. The Labute approximate surface area is 120 Å². The summed E-state index contributed by atoms with van der Waals surface area (Å²) in [4.78, 5) is 38.9. The molecule has 6 nitrogen and oxygen atoms in total. The normalized spacial score (nSPS) is 18.6. The van der Waals surface area contributed by atoms with Crippen LogP contribution in [-0.2, 0) is 19.1 Å². The van der Waals surface area contributed by atoms with Crippen molar-refractivity contribution in [3.8, 4) is 0 Å². The van der Waals surface area contributed by atoms with Crippen LogP contribution in [0.25, 0.3) is 0 Å². The third-order valence-electron chi connectivity index (χ3n) is 3.46. The van der Waals surface area contributed by atoms with Crippen LogP contribution >= 0.6 is 0 Å². The van der Waals surface area contributed by atoms with E-state index in [1.54, 1.807) is 11.8 Å². The summed E-state index contributed by atoms with van der Waals surface area (Å²) in [5, 5.41) is 0. The lowest BCUT2D eigenvalue weighted by Crippen LogP contribution is -2.45. The van der Waals surface area contributed by atoms with E-state index < -0.39 is 5.97 Å². The molecule has 0 N–H and O–H groups in total. The quantitative estimate of drug-likeness (QED) is 0.672. The number of carbonyl (C=O) groups is 3. The smallest absolute Gasteiger partial charge is 0.325 e. The van der Waals surface area contributed by atoms with Gasteiger partial charge in [0, 0.05) is 25.6 Å². The van der Waals surface area contributed by atoms with Gasteiger partial charge in [-0.15, -0.1) is 0 Å². The molecule has 1 rings (SSSR count). The maximum absolute atomic E-state index is 12.5. The van der Waals surface area contributed by atoms with E-state index in [1.165, 1.54) is 4.90 Å². The van der Waals surface area contributed by atoms with Gasteiger partial charge in [0.2, 0.25) is 11.8 Å². The van der Waals surface area contributed by atoms with Crippen LogP contribution in [-0.4, -0.2) is 59.9 Å². The van der Waals surface area contributed by atoms with Crippen molar-refractivity contribution < 1.29 is 19.1 Å². The highest BCUT2D eigenvalue weighted by atomic mass is 16.5. The van der Waals surface area contributed by atoms with Crippen molar-refractivity contribution in [1.82, 2.24) is 9.80 Å². The van der Waals surface area contributed by atoms with Crippen LogP contribution in [0, 0.1) is 5.92 Å². The van der Waals surface area contributed by atoms with Crippen LogP contribution in [0.15, 0.2) is 0 Å². The minimum absolute atomic E-state index is 0.00527. The van der Waals surface area contributed by atoms with Crippen LogP contribution in [0.2, 0.25) is 0 Å². The second-order valence-corrected chi connectivity index (χ2v) is 5.20. The van der Waals surface area contributed by atoms with Crippen LogP contribution in [0.3, 0.4) is 0 Å². The minimum Gasteiger partial charge on any atom is -0.465 e. The van der Waals surface area contributed by atoms with Gasteiger partial charge in [0.1, 0.15) is 6.54 Å². The monoisotopic (exact) mass is 284 g/mol. The second-order valence-electron chi connectivity index (χ2n) is 5.20. The first-order chi connectivity index (χ1) is 9.40. The molecule has 114 valence electrons. The first-order valence-corrected chi connectivity index (χ1v) is 7.14. The summed E-state index contributed by atoms with van der Waals surface area (Å²) < 4.78 is 4.89. The maximum Gasteiger partial charge on any atom is 0.325 e. The Bertz CT molecular complexity index is 381. The Morgan fingerprint density at radius 2 is 2.05 bits per heavy atom. The van der Waals surface area contributed by atoms with Crippen molar-refractivity contribution in [3.05, 3.63) is 0 Å². The molecule has 6 heteroatoms. The number of carbonyl (C=O) groups excluding carboxylic acids is 3. The topological polar surface area (TPSA) is 66.9 Å². The lowest BCUT2D eigenvalue weighted by Gasteiger charge is -2.28. The molecule has 1 heterocycles. The average molecular weight is 284 g/mol. The molecule has 1 saturated heterocycles. The zero-order valence-corrected chi connectivity index (χ0v) is 12.7. The third-order valence-corrected chi connectivity index (χ3v) is 3.46. The van der Waals surface area contributed by atoms with Gasteiger partial charge in [-0.3, -0.25) is 14.4 Å². The van der Waals surface area contributed by atoms with Gasteiger partial charge in [-0.1, -0.05) is 0 Å². The molecule has 0 spiro atoms. The number of amides is 2. The molecule has 1 fully saturated rings. The second kappa shape index (κ2) is 7.26. The molecule has 0 bridgehead atoms. The summed E-state index contributed by atoms with van der Waals surface area (Å²) in [6.07, 6.45) is 0.235. The predicted molar refractivity (Wildman–Crippen MR) is 73.8 cm³/mol. The summed E-state index contributed by atoms with van der Waals surface area (Å²) in [5.41, 5.74) is 0. The highest BCUT2D eigenvalue weighted by Crippen LogP contribution is 2.20. The van der Waals surface area contributed by atoms with Gasteiger partial charge in [0.05, 0.1) is 12.5 Å². The largest absolute Gasteiger partial charge is 0.465 e. The van der Waals surface area contributed by atoms with E-state index in [-0.39, 0.29) is 36.7 Å². The Morgan fingerprint density at radius 1 is 1.40 bits per heavy atom. The molecule has 0 saturated carbocycles. The maximum atomic E-state index is 12.5. The van der Waals surface area contributed by atoms with Crippen LogP contribution in [0.4, 0.5) is 0 Å². The highest BCUT2D eigenvalue weighted by Gasteiger charge is 2.37. The van der Waals surface area contributed by atoms with Crippen molar-refractivity contribution in [3.63, 3.8) is 0 Å². The molecule has 0 aromatic heterocycles. The van der Waals surface area contributed by atoms with Crippen LogP contribution in [0.5, 0.6) is 0 Å². The lowest BCUT2D eigenvalue weighted by molar-refractivity contribution is -0.151. The first-order valence-electron chi connectivity index (χ1n) is 7.14. The first kappa shape index (κ1) is 16.5. The van der Waals surface area contributed by atoms with Gasteiger partial charge in [0.15, 0.2) is 0 Å². The third kappa shape index (κ3) is 3.95. The zero-order valence-electron chi connectivity index (χ0n) is 12.7. The van der Waals surface area contributed by atoms with Gasteiger partial charge in [-0.05, 0) is 27.7 Å². The summed E-state index contributed by atoms with van der Waals surface area (Å²) in [6, 6.07) is -0.0994. The predicted octanol–water partition coefficient (Wildman–Crippen LogP) is 0.655. The molecule has 1 unspecified atom stereocenters. The molecule has 2 amide bonds. The fourth-order valence-corrected chi connectivity index (χ4v) is 2.34. The van der Waals surface area contributed by atoms with Crippen LogP contribution < -0.4 is 0 Å². The standard InChI is InChI=1S/C14H24N2O4/c1-5-15-8-11(7-12(15)17)14(19)16(10(3)4)9-13(18)20-6-2/h10-11H,5-9H2,1-4H3. The molecule has 1 aliphatic rings. The molecular weight excluding hydrogens is 260 g/mol. The van der Waals surface area contributed by atoms with Crippen molar-refractivity contribution in [2.75, 3.05) is 26.2 Å². The average Bonchev–Trinajstić information content (AvgIpc) is 2.76. The van der Waals surface area contributed by atoms with E-state index in [0.717, 1.165) is 0 Å². The number of esters is 1. The number of hydrogen-bond acceptors (Lipinski definition) is 4. The molecule has 0 radical (unpaired) electrons. The summed E-state index contributed by atoms with van der Waals surface area (Å²) in [7, 11) is 0. The summed E-state index contributed by atoms with van der Waals surface area (Å²) in [5.74, 6) is -0.895. The Kier molecular flexibility index (Phi) is 5.98. The van der Waals surface area contributed by atoms with Crippen molar-refractivity contribution in [2.45, 2.75) is 40.2 Å². The number of hydrogen-bond donors (Lipinski definition) is 0. The molecule has 0 aromatic rings. The van der Waals surface area contributed by atoms with E-state index in [9.17, 15) is 14.4 Å². The summed E-state index contributed by atoms with van der Waals surface area (Å²) in [6.45, 7) is 8.63. The van der Waals surface area contributed by atoms with E-state index in [0.29, 0.717) is 19.7 Å². The number of nitrogens with zero attached hydrogens (tertiary/aromatic N) is 2. The highest BCUT2D eigenvalue weighted by molar-refractivity contribution is 5.90. The fraction of sp³-hybridized carbons (Fsp3) is 0.786. The Hall–Kier alpha value is -1.59. The van der Waals surface area contributed by atoms with Gasteiger partial charge < -0.3 is 14.5 Å². The fourth-order valence-electron chi connectivity index (χ4n) is 2.34. The Morgan fingerprint density at radius 3 is 2.50 bits per heavy atom. The van der Waals surface area contributed by atoms with Crippen molar-refractivity contribution >= 4 is 17.8 Å². The van der Waals surface area contributed by atoms with Crippen molar-refractivity contribution in [1.29, 1.82) is 0 Å². The zero-order chi connectivity index (χ0) is 15.3. The number of ether oxygens (including phenoxy) is 1. The summed E-state index contributed by atoms with van der Waals surface area (Å²) >= 11 is 0. The van der Waals surface area contributed by atoms with E-state index in [2.05, 4.69) is 0 Å². The number of rotatable bonds is 6. The van der Waals surface area contributed by atoms with Gasteiger partial charge >= 0.3 is 5.97 Å². The molecule has 20 heavy (non-hydrogen) atoms. The van der Waals surface area contributed by atoms with E-state index in [4.69, 9.17) is 4.74 Å². The van der Waals surface area contributed by atoms with Gasteiger partial charge in [-0.2, -0.15) is 0 Å². The molecule has 1 aliphatic heterocycles. The van der Waals surface area contributed by atoms with Crippen molar-refractivity contribution in [2.24, 2.45) is 5.92 Å². The van der Waals surface area contributed by atoms with E-state index >= 15 is 0 Å². The lowest BCUT2D eigenvalue weighted by atomic mass is 10.1. The molecule has 1 atom stereocenters. The van der Waals surface area contributed by atoms with Gasteiger partial charge in [-0.25, -0.2) is 0 Å². The van der Waals surface area contributed by atoms with Gasteiger partial charge in [0.25, 0.3) is 0 Å². The molecular formula is C14H24N2O4. The SMILES string of the molecule is CCOC(=O)CN(C(=O)C1CC(=O)N(CC)C1)C(C)C.